The Morgan fingerprint density at radius 3 is 2.52 bits per heavy atom. The highest BCUT2D eigenvalue weighted by molar-refractivity contribution is 6.00. The Kier molecular flexibility index (Phi) is 3.43. The Morgan fingerprint density at radius 2 is 2.00 bits per heavy atom. The number of halogens is 4. The second-order valence-corrected chi connectivity index (χ2v) is 7.80. The lowest BCUT2D eigenvalue weighted by Gasteiger charge is -2.58. The van der Waals surface area contributed by atoms with Crippen LogP contribution < -0.4 is 4.90 Å². The average Bonchev–Trinajstić information content (AvgIpc) is 2.78. The van der Waals surface area contributed by atoms with Crippen molar-refractivity contribution < 1.29 is 22.4 Å². The molecule has 0 radical (unpaired) electrons. The van der Waals surface area contributed by atoms with Gasteiger partial charge in [-0.1, -0.05) is 13.8 Å². The van der Waals surface area contributed by atoms with Crippen molar-refractivity contribution in [2.24, 2.45) is 5.41 Å². The number of nitriles is 1. The van der Waals surface area contributed by atoms with E-state index in [1.807, 2.05) is 6.07 Å². The predicted octanol–water partition coefficient (Wildman–Crippen LogP) is 4.21. The van der Waals surface area contributed by atoms with Crippen LogP contribution in [0.1, 0.15) is 45.1 Å². The highest BCUT2D eigenvalue weighted by Gasteiger charge is 2.60. The van der Waals surface area contributed by atoms with E-state index < -0.39 is 35.4 Å². The number of fused-ring (bicyclic) bond motifs is 4. The van der Waals surface area contributed by atoms with Crippen LogP contribution in [0.2, 0.25) is 0 Å². The van der Waals surface area contributed by atoms with Crippen LogP contribution in [0.4, 0.5) is 23.5 Å². The maximum absolute atomic E-state index is 13.7. The third-order valence-corrected chi connectivity index (χ3v) is 5.62. The molecule has 2 aromatic rings. The van der Waals surface area contributed by atoms with Crippen LogP contribution >= 0.6 is 0 Å². The first-order valence-electron chi connectivity index (χ1n) is 8.54. The Hall–Kier alpha value is -2.63. The lowest BCUT2D eigenvalue weighted by molar-refractivity contribution is -0.214. The Morgan fingerprint density at radius 1 is 1.33 bits per heavy atom. The van der Waals surface area contributed by atoms with Gasteiger partial charge < -0.3 is 0 Å². The number of amides is 1. The van der Waals surface area contributed by atoms with Crippen molar-refractivity contribution in [3.63, 3.8) is 0 Å². The number of hydrogen-bond donors (Lipinski definition) is 0. The summed E-state index contributed by atoms with van der Waals surface area (Å²) in [5.41, 5.74) is -2.24. The number of hydrogen-bond acceptors (Lipinski definition) is 3. The molecule has 0 atom stereocenters. The number of carbonyl (C=O) groups excluding carboxylic acids is 1. The summed E-state index contributed by atoms with van der Waals surface area (Å²) < 4.78 is 55.1. The molecule has 1 aliphatic carbocycles. The summed E-state index contributed by atoms with van der Waals surface area (Å²) in [5, 5.41) is 9.33. The quantitative estimate of drug-likeness (QED) is 0.734. The maximum atomic E-state index is 13.7. The molecule has 4 rings (SSSR count). The fourth-order valence-electron chi connectivity index (χ4n) is 3.87. The van der Waals surface area contributed by atoms with Gasteiger partial charge in [0.2, 0.25) is 11.9 Å². The zero-order chi connectivity index (χ0) is 19.8. The number of rotatable bonds is 2. The predicted molar refractivity (Wildman–Crippen MR) is 88.2 cm³/mol. The SMILES string of the molecule is CC(C)(CC(=O)N1c2nc3cc(F)cc(C#N)c3n2C12CCC2)C(F)(F)F. The molecule has 0 saturated heterocycles. The van der Waals surface area contributed by atoms with Gasteiger partial charge in [0.1, 0.15) is 17.5 Å². The van der Waals surface area contributed by atoms with E-state index in [-0.39, 0.29) is 17.0 Å². The first kappa shape index (κ1) is 17.8. The number of carbonyl (C=O) groups is 1. The molecule has 0 bridgehead atoms. The van der Waals surface area contributed by atoms with Crippen LogP contribution in [0, 0.1) is 22.6 Å². The van der Waals surface area contributed by atoms with Crippen molar-refractivity contribution in [2.45, 2.75) is 51.4 Å². The summed E-state index contributed by atoms with van der Waals surface area (Å²) in [7, 11) is 0. The van der Waals surface area contributed by atoms with E-state index in [0.29, 0.717) is 18.4 Å². The first-order chi connectivity index (χ1) is 12.5. The van der Waals surface area contributed by atoms with Crippen LogP contribution in [0.3, 0.4) is 0 Å². The topological polar surface area (TPSA) is 61.9 Å². The summed E-state index contributed by atoms with van der Waals surface area (Å²) in [6.07, 6.45) is -3.30. The van der Waals surface area contributed by atoms with Gasteiger partial charge >= 0.3 is 6.18 Å². The van der Waals surface area contributed by atoms with Crippen LogP contribution in [0.15, 0.2) is 12.1 Å². The Balaban J connectivity index is 1.80. The third-order valence-electron chi connectivity index (χ3n) is 5.62. The van der Waals surface area contributed by atoms with E-state index in [0.717, 1.165) is 32.4 Å². The van der Waals surface area contributed by atoms with E-state index in [2.05, 4.69) is 4.98 Å². The molecule has 2 aliphatic rings. The van der Waals surface area contributed by atoms with Crippen molar-refractivity contribution in [3.05, 3.63) is 23.5 Å². The standard InChI is InChI=1S/C18H16F4N4O/c1-16(2,18(20,21)22)8-13(27)25-15-24-12-7-11(19)6-10(9-23)14(12)26(15)17(25)4-3-5-17/h6-7H,3-5,8H2,1-2H3. The molecule has 27 heavy (non-hydrogen) atoms. The first-order valence-corrected chi connectivity index (χ1v) is 8.54. The summed E-state index contributed by atoms with van der Waals surface area (Å²) in [6, 6.07) is 4.19. The molecule has 0 N–H and O–H groups in total. The molecule has 1 aliphatic heterocycles. The Bertz CT molecular complexity index is 1010. The zero-order valence-electron chi connectivity index (χ0n) is 14.7. The molecule has 1 amide bonds. The fraction of sp³-hybridized carbons (Fsp3) is 0.500. The highest BCUT2D eigenvalue weighted by Crippen LogP contribution is 2.56. The fourth-order valence-corrected chi connectivity index (χ4v) is 3.87. The van der Waals surface area contributed by atoms with Gasteiger partial charge in [-0.3, -0.25) is 14.3 Å². The van der Waals surface area contributed by atoms with Crippen molar-refractivity contribution in [3.8, 4) is 6.07 Å². The van der Waals surface area contributed by atoms with Crippen LogP contribution in [0.5, 0.6) is 0 Å². The number of alkyl halides is 3. The molecule has 5 nitrogen and oxygen atoms in total. The molecule has 1 fully saturated rings. The minimum absolute atomic E-state index is 0.0951. The van der Waals surface area contributed by atoms with Gasteiger partial charge in [-0.15, -0.1) is 0 Å². The summed E-state index contributed by atoms with van der Waals surface area (Å²) in [6.45, 7) is 1.98. The van der Waals surface area contributed by atoms with E-state index in [1.54, 1.807) is 4.57 Å². The van der Waals surface area contributed by atoms with Gasteiger partial charge in [0.25, 0.3) is 0 Å². The molecular formula is C18H16F4N4O. The molecule has 1 spiro atoms. The Labute approximate surface area is 152 Å². The minimum atomic E-state index is -4.52. The number of aromatic nitrogens is 2. The summed E-state index contributed by atoms with van der Waals surface area (Å²) >= 11 is 0. The number of nitrogens with zero attached hydrogens (tertiary/aromatic N) is 4. The molecule has 1 aromatic carbocycles. The smallest absolute Gasteiger partial charge is 0.284 e. The largest absolute Gasteiger partial charge is 0.394 e. The second kappa shape index (κ2) is 5.21. The van der Waals surface area contributed by atoms with Gasteiger partial charge in [-0.25, -0.2) is 9.37 Å². The normalized spacial score (nSPS) is 18.0. The molecule has 2 heterocycles. The van der Waals surface area contributed by atoms with Gasteiger partial charge in [0.15, 0.2) is 0 Å². The molecule has 1 saturated carbocycles. The molecule has 0 unspecified atom stereocenters. The highest BCUT2D eigenvalue weighted by atomic mass is 19.4. The number of anilines is 1. The van der Waals surface area contributed by atoms with E-state index in [4.69, 9.17) is 0 Å². The van der Waals surface area contributed by atoms with E-state index in [9.17, 15) is 27.6 Å². The third kappa shape index (κ3) is 2.22. The van der Waals surface area contributed by atoms with Crippen molar-refractivity contribution in [1.82, 2.24) is 9.55 Å². The van der Waals surface area contributed by atoms with E-state index in [1.165, 1.54) is 4.90 Å². The van der Waals surface area contributed by atoms with Gasteiger partial charge in [-0.05, 0) is 25.3 Å². The zero-order valence-corrected chi connectivity index (χ0v) is 14.7. The number of benzene rings is 1. The molecular weight excluding hydrogens is 364 g/mol. The monoisotopic (exact) mass is 380 g/mol. The lowest BCUT2D eigenvalue weighted by Crippen LogP contribution is -2.67. The average molecular weight is 380 g/mol. The molecule has 9 heteroatoms. The number of imidazole rings is 1. The van der Waals surface area contributed by atoms with Crippen molar-refractivity contribution >= 4 is 22.9 Å². The van der Waals surface area contributed by atoms with Crippen LogP contribution in [-0.2, 0) is 10.5 Å². The van der Waals surface area contributed by atoms with Crippen molar-refractivity contribution in [1.29, 1.82) is 5.26 Å². The minimum Gasteiger partial charge on any atom is -0.284 e. The lowest BCUT2D eigenvalue weighted by atomic mass is 9.78. The summed E-state index contributed by atoms with van der Waals surface area (Å²) in [4.78, 5) is 18.3. The van der Waals surface area contributed by atoms with Gasteiger partial charge in [0.05, 0.1) is 22.0 Å². The van der Waals surface area contributed by atoms with E-state index >= 15 is 0 Å². The second-order valence-electron chi connectivity index (χ2n) is 7.80. The maximum Gasteiger partial charge on any atom is 0.394 e. The van der Waals surface area contributed by atoms with Gasteiger partial charge in [0, 0.05) is 12.5 Å². The molecule has 1 aromatic heterocycles. The molecule has 142 valence electrons. The van der Waals surface area contributed by atoms with Crippen LogP contribution in [0.25, 0.3) is 11.0 Å². The van der Waals surface area contributed by atoms with Gasteiger partial charge in [-0.2, -0.15) is 18.4 Å². The van der Waals surface area contributed by atoms with Crippen LogP contribution in [-0.4, -0.2) is 21.6 Å². The summed E-state index contributed by atoms with van der Waals surface area (Å²) in [5.74, 6) is -1.12. The van der Waals surface area contributed by atoms with Crippen molar-refractivity contribution in [2.75, 3.05) is 4.90 Å².